The Hall–Kier alpha value is -1.02. The summed E-state index contributed by atoms with van der Waals surface area (Å²) in [5, 5.41) is 0.973. The van der Waals surface area contributed by atoms with E-state index >= 15 is 0 Å². The maximum atomic E-state index is 5.74. The Balaban J connectivity index is 2.14. The number of ether oxygens (including phenoxy) is 1. The second-order valence-electron chi connectivity index (χ2n) is 4.22. The van der Waals surface area contributed by atoms with Crippen molar-refractivity contribution in [2.75, 3.05) is 19.1 Å². The highest BCUT2D eigenvalue weighted by atomic mass is 32.1. The van der Waals surface area contributed by atoms with Crippen molar-refractivity contribution in [3.63, 3.8) is 0 Å². The van der Waals surface area contributed by atoms with Gasteiger partial charge in [0.1, 0.15) is 0 Å². The SMILES string of the molecule is COCc1nc(N(C)Cc2scnc2C)sc1CN. The lowest BCUT2D eigenvalue weighted by atomic mass is 10.4. The number of anilines is 1. The quantitative estimate of drug-likeness (QED) is 0.885. The van der Waals surface area contributed by atoms with E-state index in [9.17, 15) is 0 Å². The summed E-state index contributed by atoms with van der Waals surface area (Å²) < 4.78 is 5.15. The Morgan fingerprint density at radius 3 is 2.79 bits per heavy atom. The summed E-state index contributed by atoms with van der Waals surface area (Å²) >= 11 is 3.30. The predicted octanol–water partition coefficient (Wildman–Crippen LogP) is 2.15. The van der Waals surface area contributed by atoms with E-state index in [2.05, 4.69) is 14.9 Å². The molecule has 0 saturated carbocycles. The third-order valence-electron chi connectivity index (χ3n) is 2.79. The van der Waals surface area contributed by atoms with Crippen LogP contribution in [0.1, 0.15) is 21.1 Å². The van der Waals surface area contributed by atoms with Gasteiger partial charge in [0.05, 0.1) is 30.1 Å². The minimum atomic E-state index is 0.504. The van der Waals surface area contributed by atoms with E-state index in [-0.39, 0.29) is 0 Å². The van der Waals surface area contributed by atoms with Gasteiger partial charge < -0.3 is 15.4 Å². The molecule has 0 atom stereocenters. The van der Waals surface area contributed by atoms with Gasteiger partial charge in [-0.05, 0) is 6.92 Å². The molecule has 0 aliphatic carbocycles. The van der Waals surface area contributed by atoms with Crippen LogP contribution in [0.5, 0.6) is 0 Å². The zero-order chi connectivity index (χ0) is 13.8. The second kappa shape index (κ2) is 6.42. The molecule has 0 bridgehead atoms. The smallest absolute Gasteiger partial charge is 0.185 e. The molecular weight excluding hydrogens is 280 g/mol. The molecule has 0 unspecified atom stereocenters. The summed E-state index contributed by atoms with van der Waals surface area (Å²) in [5.74, 6) is 0. The van der Waals surface area contributed by atoms with Gasteiger partial charge in [0.25, 0.3) is 0 Å². The number of methoxy groups -OCH3 is 1. The van der Waals surface area contributed by atoms with Crippen LogP contribution in [0.15, 0.2) is 5.51 Å². The summed E-state index contributed by atoms with van der Waals surface area (Å²) in [6, 6.07) is 0. The minimum Gasteiger partial charge on any atom is -0.378 e. The monoisotopic (exact) mass is 298 g/mol. The van der Waals surface area contributed by atoms with E-state index in [1.807, 2.05) is 19.5 Å². The van der Waals surface area contributed by atoms with Gasteiger partial charge in [-0.15, -0.1) is 22.7 Å². The first-order valence-corrected chi connectivity index (χ1v) is 7.63. The lowest BCUT2D eigenvalue weighted by Crippen LogP contribution is -2.16. The molecule has 0 aromatic carbocycles. The lowest BCUT2D eigenvalue weighted by molar-refractivity contribution is 0.181. The van der Waals surface area contributed by atoms with Gasteiger partial charge in [0.15, 0.2) is 5.13 Å². The fourth-order valence-electron chi connectivity index (χ4n) is 1.70. The molecule has 2 N–H and O–H groups in total. The number of nitrogens with two attached hydrogens (primary N) is 1. The minimum absolute atomic E-state index is 0.504. The van der Waals surface area contributed by atoms with Crippen LogP contribution in [0.25, 0.3) is 0 Å². The van der Waals surface area contributed by atoms with Gasteiger partial charge in [-0.1, -0.05) is 0 Å². The summed E-state index contributed by atoms with van der Waals surface area (Å²) in [7, 11) is 3.71. The van der Waals surface area contributed by atoms with Crippen LogP contribution in [-0.2, 0) is 24.4 Å². The van der Waals surface area contributed by atoms with E-state index in [0.29, 0.717) is 13.2 Å². The maximum absolute atomic E-state index is 5.74. The average Bonchev–Trinajstić information content (AvgIpc) is 2.97. The number of aryl methyl sites for hydroxylation is 1. The Kier molecular flexibility index (Phi) is 4.87. The normalized spacial score (nSPS) is 10.9. The third kappa shape index (κ3) is 3.30. The number of hydrogen-bond donors (Lipinski definition) is 1. The Morgan fingerprint density at radius 2 is 2.21 bits per heavy atom. The summed E-state index contributed by atoms with van der Waals surface area (Å²) in [6.07, 6.45) is 0. The molecule has 2 rings (SSSR count). The van der Waals surface area contributed by atoms with Crippen molar-refractivity contribution >= 4 is 27.8 Å². The van der Waals surface area contributed by atoms with Crippen LogP contribution >= 0.6 is 22.7 Å². The molecule has 2 heterocycles. The largest absolute Gasteiger partial charge is 0.378 e. The van der Waals surface area contributed by atoms with Crippen molar-refractivity contribution in [3.8, 4) is 0 Å². The van der Waals surface area contributed by atoms with Crippen LogP contribution in [0.3, 0.4) is 0 Å². The first-order chi connectivity index (χ1) is 9.15. The molecule has 0 fully saturated rings. The van der Waals surface area contributed by atoms with Gasteiger partial charge in [0, 0.05) is 30.5 Å². The molecule has 2 aromatic rings. The van der Waals surface area contributed by atoms with Gasteiger partial charge in [0.2, 0.25) is 0 Å². The van der Waals surface area contributed by atoms with Crippen molar-refractivity contribution < 1.29 is 4.74 Å². The van der Waals surface area contributed by atoms with Crippen molar-refractivity contribution in [1.29, 1.82) is 0 Å². The van der Waals surface area contributed by atoms with Crippen molar-refractivity contribution in [3.05, 3.63) is 26.7 Å². The maximum Gasteiger partial charge on any atom is 0.185 e. The third-order valence-corrected chi connectivity index (χ3v) is 4.94. The highest BCUT2D eigenvalue weighted by Crippen LogP contribution is 2.27. The molecule has 0 spiro atoms. The molecule has 0 amide bonds. The average molecular weight is 298 g/mol. The fourth-order valence-corrected chi connectivity index (χ4v) is 3.43. The van der Waals surface area contributed by atoms with E-state index in [4.69, 9.17) is 10.5 Å². The number of hydrogen-bond acceptors (Lipinski definition) is 7. The van der Waals surface area contributed by atoms with Crippen LogP contribution in [0, 0.1) is 6.92 Å². The Bertz CT molecular complexity index is 538. The van der Waals surface area contributed by atoms with Crippen molar-refractivity contribution in [2.45, 2.75) is 26.6 Å². The Labute approximate surface area is 121 Å². The summed E-state index contributed by atoms with van der Waals surface area (Å²) in [5.41, 5.74) is 9.65. The van der Waals surface area contributed by atoms with Gasteiger partial charge in [-0.25, -0.2) is 9.97 Å². The summed E-state index contributed by atoms with van der Waals surface area (Å²) in [4.78, 5) is 13.4. The van der Waals surface area contributed by atoms with E-state index in [1.54, 1.807) is 29.8 Å². The molecule has 0 radical (unpaired) electrons. The number of rotatable bonds is 6. The highest BCUT2D eigenvalue weighted by Gasteiger charge is 2.14. The van der Waals surface area contributed by atoms with Crippen LogP contribution in [0.4, 0.5) is 5.13 Å². The highest BCUT2D eigenvalue weighted by molar-refractivity contribution is 7.15. The van der Waals surface area contributed by atoms with Gasteiger partial charge in [-0.3, -0.25) is 0 Å². The zero-order valence-electron chi connectivity index (χ0n) is 11.3. The molecule has 0 aliphatic heterocycles. The lowest BCUT2D eigenvalue weighted by Gasteiger charge is -2.14. The van der Waals surface area contributed by atoms with Gasteiger partial charge >= 0.3 is 0 Å². The van der Waals surface area contributed by atoms with Gasteiger partial charge in [-0.2, -0.15) is 0 Å². The molecule has 2 aromatic heterocycles. The van der Waals surface area contributed by atoms with Crippen molar-refractivity contribution in [2.24, 2.45) is 5.73 Å². The fraction of sp³-hybridized carbons (Fsp3) is 0.500. The zero-order valence-corrected chi connectivity index (χ0v) is 13.0. The van der Waals surface area contributed by atoms with Crippen LogP contribution < -0.4 is 10.6 Å². The van der Waals surface area contributed by atoms with E-state index in [0.717, 1.165) is 27.9 Å². The molecular formula is C12H18N4OS2. The topological polar surface area (TPSA) is 64.3 Å². The number of aromatic nitrogens is 2. The first kappa shape index (κ1) is 14.4. The molecule has 7 heteroatoms. The van der Waals surface area contributed by atoms with Crippen LogP contribution in [0.2, 0.25) is 0 Å². The van der Waals surface area contributed by atoms with Crippen LogP contribution in [-0.4, -0.2) is 24.1 Å². The second-order valence-corrected chi connectivity index (χ2v) is 6.22. The van der Waals surface area contributed by atoms with E-state index in [1.165, 1.54) is 4.88 Å². The van der Waals surface area contributed by atoms with Crippen molar-refractivity contribution in [1.82, 2.24) is 9.97 Å². The summed E-state index contributed by atoms with van der Waals surface area (Å²) in [6.45, 7) is 3.86. The number of thiazole rings is 2. The number of nitrogens with zero attached hydrogens (tertiary/aromatic N) is 3. The predicted molar refractivity (Wildman–Crippen MR) is 79.7 cm³/mol. The molecule has 104 valence electrons. The molecule has 0 saturated heterocycles. The standard InChI is InChI=1S/C12H18N4OS2/c1-8-11(18-7-14-8)5-16(2)12-15-9(6-17-3)10(4-13)19-12/h7H,4-6,13H2,1-3H3. The van der Waals surface area contributed by atoms with E-state index < -0.39 is 0 Å². The Morgan fingerprint density at radius 1 is 1.42 bits per heavy atom. The first-order valence-electron chi connectivity index (χ1n) is 5.93. The molecule has 0 aliphatic rings. The molecule has 19 heavy (non-hydrogen) atoms. The molecule has 5 nitrogen and oxygen atoms in total.